The fourth-order valence-electron chi connectivity index (χ4n) is 5.49. The zero-order chi connectivity index (χ0) is 29.3. The van der Waals surface area contributed by atoms with Crippen molar-refractivity contribution in [1.29, 1.82) is 0 Å². The number of esters is 1. The number of carbonyl (C=O) groups excluding carboxylic acids is 1. The van der Waals surface area contributed by atoms with Crippen LogP contribution in [0.2, 0.25) is 0 Å². The molecule has 8 nitrogen and oxygen atoms in total. The maximum Gasteiger partial charge on any atom is 0.473 e. The van der Waals surface area contributed by atoms with Gasteiger partial charge in [-0.1, -0.05) is 76.2 Å². The van der Waals surface area contributed by atoms with Crippen molar-refractivity contribution in [2.75, 3.05) is 6.61 Å². The van der Waals surface area contributed by atoms with Gasteiger partial charge in [-0.05, 0) is 82.4 Å². The Morgan fingerprint density at radius 3 is 2.39 bits per heavy atom. The van der Waals surface area contributed by atoms with Crippen LogP contribution in [0.3, 0.4) is 0 Å². The molecule has 9 heteroatoms. The van der Waals surface area contributed by atoms with Gasteiger partial charge in [-0.3, -0.25) is 9.05 Å². The van der Waals surface area contributed by atoms with Crippen molar-refractivity contribution < 1.29 is 33.1 Å². The van der Waals surface area contributed by atoms with Crippen molar-refractivity contribution in [3.63, 3.8) is 0 Å². The van der Waals surface area contributed by atoms with Gasteiger partial charge in [-0.2, -0.15) is 0 Å². The van der Waals surface area contributed by atoms with Crippen LogP contribution in [0.5, 0.6) is 11.5 Å². The highest BCUT2D eigenvalue weighted by molar-refractivity contribution is 7.47. The lowest BCUT2D eigenvalue weighted by Crippen LogP contribution is -2.31. The lowest BCUT2D eigenvalue weighted by atomic mass is 9.73. The summed E-state index contributed by atoms with van der Waals surface area (Å²) in [6, 6.07) is 3.60. The van der Waals surface area contributed by atoms with E-state index >= 15 is 0 Å². The minimum absolute atomic E-state index is 0. The number of aromatic hydroxyl groups is 1. The molecule has 1 unspecified atom stereocenters. The highest BCUT2D eigenvalue weighted by Gasteiger charge is 2.58. The largest absolute Gasteiger partial charge is 0.507 e. The Balaban J connectivity index is 0.00000588. The first-order valence-corrected chi connectivity index (χ1v) is 16.6. The summed E-state index contributed by atoms with van der Waals surface area (Å²) in [5.74, 6) is -0.479. The third-order valence-corrected chi connectivity index (χ3v) is 9.12. The van der Waals surface area contributed by atoms with Gasteiger partial charge in [-0.15, -0.1) is 0 Å². The predicted octanol–water partition coefficient (Wildman–Crippen LogP) is 8.84. The fraction of sp³-hybridized carbons (Fsp3) is 0.656. The van der Waals surface area contributed by atoms with E-state index in [-0.39, 0.29) is 48.9 Å². The lowest BCUT2D eigenvalue weighted by Gasteiger charge is -2.32. The number of hydrogen-bond acceptors (Lipinski definition) is 7. The number of unbranched alkanes of at least 4 members (excludes halogenated alkanes) is 6. The second-order valence-corrected chi connectivity index (χ2v) is 13.1. The maximum absolute atomic E-state index is 13.5. The highest BCUT2D eigenvalue weighted by atomic mass is 31.2. The van der Waals surface area contributed by atoms with E-state index in [1.807, 2.05) is 13.0 Å². The topological polar surface area (TPSA) is 137 Å². The molecule has 1 saturated carbocycles. The molecule has 41 heavy (non-hydrogen) atoms. The summed E-state index contributed by atoms with van der Waals surface area (Å²) in [6.07, 6.45) is 13.2. The summed E-state index contributed by atoms with van der Waals surface area (Å²) in [6.45, 7) is 12.6. The summed E-state index contributed by atoms with van der Waals surface area (Å²) in [7, 11) is -4.44. The number of phenols is 1. The molecule has 0 amide bonds. The Morgan fingerprint density at radius 1 is 1.10 bits per heavy atom. The van der Waals surface area contributed by atoms with E-state index in [1.54, 1.807) is 6.07 Å². The number of phenolic OH excluding ortho intramolecular Hbond substituents is 1. The van der Waals surface area contributed by atoms with Gasteiger partial charge < -0.3 is 20.9 Å². The Kier molecular flexibility index (Phi) is 13.8. The SMILES string of the molecule is C=C(C)[C@@H]1CCC(C)=C[C@H]1c1c(O)cc(CCCCC)cc1OC(=O)C1(OP(=O)(O)OCCCCCCC)CC1.N. The Bertz CT molecular complexity index is 1110. The van der Waals surface area contributed by atoms with Crippen LogP contribution in [0.25, 0.3) is 0 Å². The van der Waals surface area contributed by atoms with Gasteiger partial charge in [0.05, 0.1) is 6.61 Å². The van der Waals surface area contributed by atoms with Crippen LogP contribution < -0.4 is 10.9 Å². The van der Waals surface area contributed by atoms with Crippen LogP contribution in [-0.2, 0) is 24.8 Å². The van der Waals surface area contributed by atoms with Gasteiger partial charge in [0.2, 0.25) is 0 Å². The molecule has 0 saturated heterocycles. The molecule has 3 rings (SSSR count). The molecule has 3 atom stereocenters. The van der Waals surface area contributed by atoms with Crippen molar-refractivity contribution >= 4 is 13.8 Å². The van der Waals surface area contributed by atoms with Gasteiger partial charge in [0.15, 0.2) is 5.60 Å². The first kappa shape index (κ1) is 35.2. The predicted molar refractivity (Wildman–Crippen MR) is 164 cm³/mol. The number of benzene rings is 1. The van der Waals surface area contributed by atoms with E-state index in [9.17, 15) is 19.4 Å². The number of aryl methyl sites for hydroxylation is 1. The smallest absolute Gasteiger partial charge is 0.473 e. The molecule has 0 heterocycles. The minimum atomic E-state index is -4.44. The number of hydrogen-bond donors (Lipinski definition) is 3. The fourth-order valence-corrected chi connectivity index (χ4v) is 6.60. The molecular weight excluding hydrogens is 541 g/mol. The second-order valence-electron chi connectivity index (χ2n) is 11.7. The molecule has 2 aliphatic carbocycles. The number of ether oxygens (including phenoxy) is 1. The molecular formula is C32H52NO7P. The van der Waals surface area contributed by atoms with E-state index in [1.165, 1.54) is 5.57 Å². The zero-order valence-electron chi connectivity index (χ0n) is 25.6. The van der Waals surface area contributed by atoms with E-state index in [4.69, 9.17) is 13.8 Å². The molecule has 2 aliphatic rings. The molecule has 1 fully saturated rings. The number of phosphoric ester groups is 1. The molecule has 232 valence electrons. The van der Waals surface area contributed by atoms with Crippen molar-refractivity contribution in [2.45, 2.75) is 123 Å². The molecule has 0 spiro atoms. The molecule has 0 aromatic heterocycles. The average Bonchev–Trinajstić information content (AvgIpc) is 3.66. The molecule has 5 N–H and O–H groups in total. The Hall–Kier alpha value is -1.96. The van der Waals surface area contributed by atoms with E-state index in [2.05, 4.69) is 33.4 Å². The summed E-state index contributed by atoms with van der Waals surface area (Å²) >= 11 is 0. The molecule has 0 bridgehead atoms. The van der Waals surface area contributed by atoms with Crippen LogP contribution in [0.1, 0.15) is 122 Å². The third-order valence-electron chi connectivity index (χ3n) is 8.03. The number of carbonyl (C=O) groups is 1. The van der Waals surface area contributed by atoms with Gasteiger partial charge >= 0.3 is 13.8 Å². The number of rotatable bonds is 17. The number of allylic oxidation sites excluding steroid dienone is 3. The monoisotopic (exact) mass is 593 g/mol. The highest BCUT2D eigenvalue weighted by Crippen LogP contribution is 2.56. The molecule has 1 aromatic rings. The van der Waals surface area contributed by atoms with Crippen LogP contribution in [0, 0.1) is 5.92 Å². The van der Waals surface area contributed by atoms with Gasteiger partial charge in [0.25, 0.3) is 0 Å². The van der Waals surface area contributed by atoms with Crippen LogP contribution in [0.4, 0.5) is 0 Å². The summed E-state index contributed by atoms with van der Waals surface area (Å²) in [5, 5.41) is 11.3. The Labute approximate surface area is 246 Å². The van der Waals surface area contributed by atoms with Crippen molar-refractivity contribution in [3.8, 4) is 11.5 Å². The quantitative estimate of drug-likeness (QED) is 0.0535. The van der Waals surface area contributed by atoms with E-state index in [0.717, 1.165) is 75.3 Å². The Morgan fingerprint density at radius 2 is 1.76 bits per heavy atom. The minimum Gasteiger partial charge on any atom is -0.507 e. The number of phosphoric acid groups is 1. The van der Waals surface area contributed by atoms with Crippen LogP contribution in [0.15, 0.2) is 35.9 Å². The maximum atomic E-state index is 13.5. The first-order chi connectivity index (χ1) is 19.0. The summed E-state index contributed by atoms with van der Waals surface area (Å²) < 4.78 is 29.2. The van der Waals surface area contributed by atoms with Crippen LogP contribution >= 0.6 is 7.82 Å². The van der Waals surface area contributed by atoms with E-state index in [0.29, 0.717) is 12.0 Å². The second kappa shape index (κ2) is 16.0. The first-order valence-electron chi connectivity index (χ1n) is 15.1. The average molecular weight is 594 g/mol. The van der Waals surface area contributed by atoms with Gasteiger partial charge in [0.1, 0.15) is 11.5 Å². The normalized spacial score (nSPS) is 20.9. The zero-order valence-corrected chi connectivity index (χ0v) is 26.5. The summed E-state index contributed by atoms with van der Waals surface area (Å²) in [5.41, 5.74) is 2.12. The molecule has 0 aliphatic heterocycles. The molecule has 0 radical (unpaired) electrons. The van der Waals surface area contributed by atoms with Crippen LogP contribution in [-0.4, -0.2) is 28.2 Å². The lowest BCUT2D eigenvalue weighted by molar-refractivity contribution is -0.145. The van der Waals surface area contributed by atoms with Gasteiger partial charge in [0, 0.05) is 11.5 Å². The van der Waals surface area contributed by atoms with E-state index < -0.39 is 19.4 Å². The van der Waals surface area contributed by atoms with Crippen molar-refractivity contribution in [1.82, 2.24) is 6.15 Å². The van der Waals surface area contributed by atoms with Crippen molar-refractivity contribution in [3.05, 3.63) is 47.1 Å². The standard InChI is InChI=1S/C32H49O7P.H3N/c1-6-8-10-11-13-19-37-40(35,36)39-32(17-18-32)31(34)38-29-22-25(14-12-9-7-2)21-28(33)30(29)27-20-24(5)15-16-26(27)23(3)4;/h20-22,26-27,33H,3,6-19H2,1-2,4-5H3,(H,35,36);1H3/t26-,27+;/m0./s1. The third kappa shape index (κ3) is 10.1. The van der Waals surface area contributed by atoms with Gasteiger partial charge in [-0.25, -0.2) is 9.36 Å². The summed E-state index contributed by atoms with van der Waals surface area (Å²) in [4.78, 5) is 23.8. The van der Waals surface area contributed by atoms with Crippen molar-refractivity contribution in [2.24, 2.45) is 5.92 Å². The molecule has 1 aromatic carbocycles.